The number of hydrogen-bond donors (Lipinski definition) is 0. The molecule has 1 atom stereocenters. The normalized spacial score (nSPS) is 22.6. The van der Waals surface area contributed by atoms with Crippen LogP contribution in [0.3, 0.4) is 0 Å². The van der Waals surface area contributed by atoms with Crippen LogP contribution in [0.1, 0.15) is 6.42 Å². The highest BCUT2D eigenvalue weighted by atomic mass is 35.5. The van der Waals surface area contributed by atoms with Crippen molar-refractivity contribution in [1.82, 2.24) is 9.88 Å². The third-order valence-electron chi connectivity index (χ3n) is 5.81. The Hall–Kier alpha value is -2.19. The van der Waals surface area contributed by atoms with Crippen LogP contribution in [0.2, 0.25) is 5.02 Å². The van der Waals surface area contributed by atoms with E-state index in [0.29, 0.717) is 47.4 Å². The fraction of sp³-hybridized carbons (Fsp3) is 0.400. The number of aromatic nitrogens is 1. The molecular weight excluding hydrogens is 415 g/mol. The lowest BCUT2D eigenvalue weighted by Crippen LogP contribution is -2.74. The van der Waals surface area contributed by atoms with Gasteiger partial charge in [-0.25, -0.2) is 14.2 Å². The summed E-state index contributed by atoms with van der Waals surface area (Å²) in [6.07, 6.45) is 1.91. The van der Waals surface area contributed by atoms with Gasteiger partial charge in [0.05, 0.1) is 27.6 Å². The molecule has 0 radical (unpaired) electrons. The molecule has 2 fully saturated rings. The molecule has 1 aromatic heterocycles. The second kappa shape index (κ2) is 6.95. The lowest BCUT2D eigenvalue weighted by Gasteiger charge is -2.60. The molecule has 2 saturated heterocycles. The lowest BCUT2D eigenvalue weighted by molar-refractivity contribution is 0.00965. The molecule has 0 N–H and O–H groups in total. The van der Waals surface area contributed by atoms with E-state index in [1.165, 1.54) is 12.3 Å². The van der Waals surface area contributed by atoms with E-state index in [9.17, 15) is 13.4 Å². The third-order valence-corrected chi connectivity index (χ3v) is 7.52. The number of pyridine rings is 1. The molecule has 6 nitrogen and oxygen atoms in total. The number of likely N-dealkylation sites (tertiary alicyclic amines) is 1. The number of halogens is 2. The van der Waals surface area contributed by atoms with Gasteiger partial charge in [-0.05, 0) is 36.8 Å². The zero-order chi connectivity index (χ0) is 20.2. The van der Waals surface area contributed by atoms with Gasteiger partial charge in [0, 0.05) is 48.9 Å². The van der Waals surface area contributed by atoms with Crippen LogP contribution >= 0.6 is 11.6 Å². The molecule has 2 aromatic rings. The molecule has 0 aliphatic carbocycles. The number of rotatable bonds is 1. The number of carbonyl (C=O) groups is 1. The van der Waals surface area contributed by atoms with Crippen molar-refractivity contribution in [1.29, 1.82) is 0 Å². The van der Waals surface area contributed by atoms with Crippen LogP contribution in [0.5, 0.6) is 0 Å². The van der Waals surface area contributed by atoms with E-state index in [4.69, 9.17) is 11.6 Å². The van der Waals surface area contributed by atoms with Gasteiger partial charge in [-0.15, -0.1) is 0 Å². The molecule has 3 aliphatic heterocycles. The molecule has 4 heterocycles. The summed E-state index contributed by atoms with van der Waals surface area (Å²) in [7, 11) is -1.15. The van der Waals surface area contributed by atoms with E-state index in [1.807, 2.05) is 4.90 Å². The van der Waals surface area contributed by atoms with E-state index < -0.39 is 10.8 Å². The average Bonchev–Trinajstić information content (AvgIpc) is 2.79. The Morgan fingerprint density at radius 3 is 2.69 bits per heavy atom. The minimum Gasteiger partial charge on any atom is -0.355 e. The van der Waals surface area contributed by atoms with E-state index >= 15 is 0 Å². The van der Waals surface area contributed by atoms with Gasteiger partial charge in [0.15, 0.2) is 0 Å². The standard InChI is InChI=1S/C20H20ClFN4O2S/c21-14-2-4-16-17(8-14)29(28)7-1-6-26(16)19(27)25-12-20(13-25)10-24(11-20)18-5-3-15(22)9-23-18/h2-5,8-9H,1,6-7,10-13H2. The van der Waals surface area contributed by atoms with Crippen LogP contribution in [-0.4, -0.2) is 58.6 Å². The predicted molar refractivity (Wildman–Crippen MR) is 111 cm³/mol. The summed E-state index contributed by atoms with van der Waals surface area (Å²) in [6.45, 7) is 3.55. The molecule has 5 rings (SSSR count). The van der Waals surface area contributed by atoms with Gasteiger partial charge in [0.1, 0.15) is 11.6 Å². The third kappa shape index (κ3) is 3.28. The highest BCUT2D eigenvalue weighted by Crippen LogP contribution is 2.42. The Balaban J connectivity index is 1.26. The van der Waals surface area contributed by atoms with Crippen LogP contribution in [0, 0.1) is 11.2 Å². The SMILES string of the molecule is O=C(N1CC2(C1)CN(c1ccc(F)cn1)C2)N1CCCS(=O)c2cc(Cl)ccc21. The number of benzene rings is 1. The summed E-state index contributed by atoms with van der Waals surface area (Å²) in [4.78, 5) is 23.6. The molecule has 1 aromatic carbocycles. The number of fused-ring (bicyclic) bond motifs is 1. The molecule has 2 amide bonds. The maximum absolute atomic E-state index is 13.2. The number of anilines is 2. The Morgan fingerprint density at radius 2 is 1.97 bits per heavy atom. The van der Waals surface area contributed by atoms with Crippen LogP contribution < -0.4 is 9.80 Å². The molecule has 0 saturated carbocycles. The summed E-state index contributed by atoms with van der Waals surface area (Å²) >= 11 is 6.08. The zero-order valence-electron chi connectivity index (χ0n) is 15.7. The first-order chi connectivity index (χ1) is 13.9. The van der Waals surface area contributed by atoms with E-state index in [2.05, 4.69) is 9.88 Å². The van der Waals surface area contributed by atoms with E-state index in [-0.39, 0.29) is 17.3 Å². The number of amides is 2. The Labute approximate surface area is 175 Å². The molecular formula is C20H20ClFN4O2S. The van der Waals surface area contributed by atoms with Crippen molar-refractivity contribution in [3.05, 3.63) is 47.4 Å². The van der Waals surface area contributed by atoms with Crippen LogP contribution in [0.15, 0.2) is 41.4 Å². The van der Waals surface area contributed by atoms with E-state index in [1.54, 1.807) is 29.2 Å². The molecule has 1 spiro atoms. The molecule has 3 aliphatic rings. The highest BCUT2D eigenvalue weighted by Gasteiger charge is 2.54. The first-order valence-corrected chi connectivity index (χ1v) is 11.2. The largest absolute Gasteiger partial charge is 0.355 e. The molecule has 1 unspecified atom stereocenters. The number of carbonyl (C=O) groups excluding carboxylic acids is 1. The van der Waals surface area contributed by atoms with Crippen LogP contribution in [-0.2, 0) is 10.8 Å². The summed E-state index contributed by atoms with van der Waals surface area (Å²) in [6, 6.07) is 8.28. The van der Waals surface area contributed by atoms with Gasteiger partial charge in [-0.1, -0.05) is 11.6 Å². The molecule has 0 bridgehead atoms. The maximum atomic E-state index is 13.2. The number of urea groups is 1. The van der Waals surface area contributed by atoms with Gasteiger partial charge in [-0.3, -0.25) is 9.11 Å². The number of nitrogens with zero attached hydrogens (tertiary/aromatic N) is 4. The lowest BCUT2D eigenvalue weighted by atomic mass is 9.73. The highest BCUT2D eigenvalue weighted by molar-refractivity contribution is 7.85. The second-order valence-electron chi connectivity index (χ2n) is 8.00. The quantitative estimate of drug-likeness (QED) is 0.692. The van der Waals surface area contributed by atoms with Gasteiger partial charge in [-0.2, -0.15) is 0 Å². The minimum absolute atomic E-state index is 0.0449. The topological polar surface area (TPSA) is 56.8 Å². The van der Waals surface area contributed by atoms with Crippen molar-refractivity contribution < 1.29 is 13.4 Å². The molecule has 152 valence electrons. The average molecular weight is 435 g/mol. The Bertz CT molecular complexity index is 988. The molecule has 9 heteroatoms. The minimum atomic E-state index is -1.15. The Morgan fingerprint density at radius 1 is 1.17 bits per heavy atom. The van der Waals surface area contributed by atoms with Crippen molar-refractivity contribution in [2.24, 2.45) is 5.41 Å². The van der Waals surface area contributed by atoms with Crippen molar-refractivity contribution >= 4 is 39.9 Å². The first kappa shape index (κ1) is 18.8. The zero-order valence-corrected chi connectivity index (χ0v) is 17.3. The Kier molecular flexibility index (Phi) is 4.51. The van der Waals surface area contributed by atoms with Gasteiger partial charge < -0.3 is 9.80 Å². The van der Waals surface area contributed by atoms with Crippen LogP contribution in [0.4, 0.5) is 20.7 Å². The van der Waals surface area contributed by atoms with Gasteiger partial charge in [0.25, 0.3) is 0 Å². The van der Waals surface area contributed by atoms with Gasteiger partial charge in [0.2, 0.25) is 0 Å². The summed E-state index contributed by atoms with van der Waals surface area (Å²) in [5.41, 5.74) is 0.783. The fourth-order valence-electron chi connectivity index (χ4n) is 4.43. The predicted octanol–water partition coefficient (Wildman–Crippen LogP) is 3.13. The summed E-state index contributed by atoms with van der Waals surface area (Å²) < 4.78 is 25.5. The summed E-state index contributed by atoms with van der Waals surface area (Å²) in [5, 5.41) is 0.526. The monoisotopic (exact) mass is 434 g/mol. The van der Waals surface area contributed by atoms with Crippen LogP contribution in [0.25, 0.3) is 0 Å². The number of hydrogen-bond acceptors (Lipinski definition) is 4. The van der Waals surface area contributed by atoms with E-state index in [0.717, 1.165) is 18.9 Å². The molecule has 29 heavy (non-hydrogen) atoms. The summed E-state index contributed by atoms with van der Waals surface area (Å²) in [5.74, 6) is 0.952. The van der Waals surface area contributed by atoms with Crippen molar-refractivity contribution in [3.8, 4) is 0 Å². The van der Waals surface area contributed by atoms with Crippen molar-refractivity contribution in [2.75, 3.05) is 48.3 Å². The van der Waals surface area contributed by atoms with Crippen molar-refractivity contribution in [2.45, 2.75) is 11.3 Å². The van der Waals surface area contributed by atoms with Gasteiger partial charge >= 0.3 is 6.03 Å². The van der Waals surface area contributed by atoms with Crippen molar-refractivity contribution in [3.63, 3.8) is 0 Å². The second-order valence-corrected chi connectivity index (χ2v) is 9.97. The maximum Gasteiger partial charge on any atom is 0.324 e. The smallest absolute Gasteiger partial charge is 0.324 e. The fourth-order valence-corrected chi connectivity index (χ4v) is 5.94. The first-order valence-electron chi connectivity index (χ1n) is 9.55.